The maximum absolute atomic E-state index is 10.2. The number of aromatic hydroxyl groups is 1. The molecule has 0 aromatic heterocycles. The molecular weight excluding hydrogens is 306 g/mol. The van der Waals surface area contributed by atoms with Crippen molar-refractivity contribution in [1.29, 1.82) is 0 Å². The normalized spacial score (nSPS) is 10.4. The summed E-state index contributed by atoms with van der Waals surface area (Å²) in [5.41, 5.74) is 3.60. The van der Waals surface area contributed by atoms with Gasteiger partial charge in [0.2, 0.25) is 0 Å². The van der Waals surface area contributed by atoms with Crippen LogP contribution in [0.15, 0.2) is 48.5 Å². The fourth-order valence-electron chi connectivity index (χ4n) is 2.77. The molecule has 0 aliphatic rings. The summed E-state index contributed by atoms with van der Waals surface area (Å²) in [6.45, 7) is 7.46. The first-order chi connectivity index (χ1) is 10.6. The lowest BCUT2D eigenvalue weighted by Crippen LogP contribution is -2.32. The summed E-state index contributed by atoms with van der Waals surface area (Å²) in [5, 5.41) is 10.2. The van der Waals surface area contributed by atoms with Crippen LogP contribution in [-0.2, 0) is 12.8 Å². The van der Waals surface area contributed by atoms with Crippen molar-refractivity contribution in [1.82, 2.24) is 0 Å². The second-order valence-electron chi connectivity index (χ2n) is 6.05. The molecule has 0 unspecified atom stereocenters. The van der Waals surface area contributed by atoms with Gasteiger partial charge in [0, 0.05) is 12.6 Å². The number of halogens is 1. The van der Waals surface area contributed by atoms with E-state index in [0.29, 0.717) is 11.8 Å². The Morgan fingerprint density at radius 1 is 1.00 bits per heavy atom. The molecule has 2 nitrogen and oxygen atoms in total. The molecule has 0 amide bonds. The van der Waals surface area contributed by atoms with Crippen molar-refractivity contribution in [2.75, 3.05) is 11.4 Å². The molecule has 0 spiro atoms. The van der Waals surface area contributed by atoms with Crippen LogP contribution in [-0.4, -0.2) is 17.7 Å². The first kappa shape index (κ1) is 19.4. The first-order valence-corrected chi connectivity index (χ1v) is 8.24. The third-order valence-electron chi connectivity index (χ3n) is 4.09. The number of phenolic OH excluding ortho intramolecular Hbond substituents is 1. The monoisotopic (exact) mass is 333 g/mol. The Balaban J connectivity index is 0.00000264. The minimum Gasteiger partial charge on any atom is -0.506 e. The van der Waals surface area contributed by atoms with Gasteiger partial charge in [0.1, 0.15) is 5.75 Å². The molecule has 2 rings (SSSR count). The van der Waals surface area contributed by atoms with E-state index in [1.54, 1.807) is 0 Å². The molecule has 1 N–H and O–H groups in total. The molecule has 23 heavy (non-hydrogen) atoms. The van der Waals surface area contributed by atoms with Gasteiger partial charge in [0.15, 0.2) is 0 Å². The third kappa shape index (κ3) is 5.47. The summed E-state index contributed by atoms with van der Waals surface area (Å²) in [6.07, 6.45) is 3.14. The smallest absolute Gasteiger partial charge is 0.138 e. The van der Waals surface area contributed by atoms with Crippen LogP contribution in [0.4, 0.5) is 5.69 Å². The molecule has 0 heterocycles. The summed E-state index contributed by atoms with van der Waals surface area (Å²) < 4.78 is 0. The summed E-state index contributed by atoms with van der Waals surface area (Å²) in [4.78, 5) is 2.30. The first-order valence-electron chi connectivity index (χ1n) is 8.24. The summed E-state index contributed by atoms with van der Waals surface area (Å²) in [6, 6.07) is 16.9. The Bertz CT molecular complexity index is 583. The van der Waals surface area contributed by atoms with Gasteiger partial charge in [-0.05, 0) is 56.4 Å². The van der Waals surface area contributed by atoms with Crippen LogP contribution < -0.4 is 4.90 Å². The highest BCUT2D eigenvalue weighted by molar-refractivity contribution is 5.85. The fraction of sp³-hybridized carbons (Fsp3) is 0.400. The standard InChI is InChI=1S/C20H27NO.ClH/c1-4-17-12-13-20(22)19(15-17)21(16(2)3)14-8-11-18-9-6-5-7-10-18;/h5-7,9-10,12-13,15-16,22H,4,8,11,14H2,1-3H3;1H. The highest BCUT2D eigenvalue weighted by Gasteiger charge is 2.14. The van der Waals surface area contributed by atoms with Crippen molar-refractivity contribution >= 4 is 18.1 Å². The number of anilines is 1. The van der Waals surface area contributed by atoms with E-state index in [1.807, 2.05) is 12.1 Å². The number of aryl methyl sites for hydroxylation is 2. The minimum atomic E-state index is 0. The molecule has 3 heteroatoms. The molecule has 0 saturated carbocycles. The van der Waals surface area contributed by atoms with Crippen molar-refractivity contribution in [3.8, 4) is 5.75 Å². The molecule has 0 aliphatic heterocycles. The van der Waals surface area contributed by atoms with Crippen LogP contribution in [0.2, 0.25) is 0 Å². The Hall–Kier alpha value is -1.67. The lowest BCUT2D eigenvalue weighted by Gasteiger charge is -2.30. The van der Waals surface area contributed by atoms with E-state index in [4.69, 9.17) is 0 Å². The van der Waals surface area contributed by atoms with Crippen molar-refractivity contribution in [3.05, 3.63) is 59.7 Å². The maximum atomic E-state index is 10.2. The summed E-state index contributed by atoms with van der Waals surface area (Å²) in [7, 11) is 0. The number of hydrogen-bond donors (Lipinski definition) is 1. The second kappa shape index (κ2) is 9.46. The number of phenols is 1. The predicted molar refractivity (Wildman–Crippen MR) is 102 cm³/mol. The lowest BCUT2D eigenvalue weighted by atomic mass is 10.1. The predicted octanol–water partition coefficient (Wildman–Crippen LogP) is 5.22. The number of nitrogens with zero attached hydrogens (tertiary/aromatic N) is 1. The zero-order valence-corrected chi connectivity index (χ0v) is 15.1. The van der Waals surface area contributed by atoms with E-state index in [2.05, 4.69) is 62.1 Å². The van der Waals surface area contributed by atoms with Crippen molar-refractivity contribution < 1.29 is 5.11 Å². The lowest BCUT2D eigenvalue weighted by molar-refractivity contribution is 0.470. The Kier molecular flexibility index (Phi) is 7.97. The van der Waals surface area contributed by atoms with Crippen LogP contribution >= 0.6 is 12.4 Å². The van der Waals surface area contributed by atoms with Gasteiger partial charge in [0.05, 0.1) is 5.69 Å². The molecule has 0 bridgehead atoms. The molecule has 0 saturated heterocycles. The zero-order valence-electron chi connectivity index (χ0n) is 14.3. The van der Waals surface area contributed by atoms with E-state index in [-0.39, 0.29) is 12.4 Å². The average Bonchev–Trinajstić information content (AvgIpc) is 2.53. The van der Waals surface area contributed by atoms with Gasteiger partial charge in [-0.1, -0.05) is 43.3 Å². The van der Waals surface area contributed by atoms with Gasteiger partial charge in [-0.25, -0.2) is 0 Å². The van der Waals surface area contributed by atoms with E-state index >= 15 is 0 Å². The SMILES string of the molecule is CCc1ccc(O)c(N(CCCc2ccccc2)C(C)C)c1.Cl. The van der Waals surface area contributed by atoms with Crippen LogP contribution in [0, 0.1) is 0 Å². The summed E-state index contributed by atoms with van der Waals surface area (Å²) >= 11 is 0. The quantitative estimate of drug-likeness (QED) is 0.750. The van der Waals surface area contributed by atoms with Gasteiger partial charge >= 0.3 is 0 Å². The van der Waals surface area contributed by atoms with Gasteiger partial charge in [-0.2, -0.15) is 0 Å². The Labute approximate surface area is 146 Å². The van der Waals surface area contributed by atoms with Crippen LogP contribution in [0.25, 0.3) is 0 Å². The minimum absolute atomic E-state index is 0. The topological polar surface area (TPSA) is 23.5 Å². The number of hydrogen-bond acceptors (Lipinski definition) is 2. The van der Waals surface area contributed by atoms with E-state index in [1.165, 1.54) is 11.1 Å². The highest BCUT2D eigenvalue weighted by Crippen LogP contribution is 2.30. The van der Waals surface area contributed by atoms with Gasteiger partial charge < -0.3 is 10.0 Å². The van der Waals surface area contributed by atoms with Gasteiger partial charge in [-0.3, -0.25) is 0 Å². The number of benzene rings is 2. The third-order valence-corrected chi connectivity index (χ3v) is 4.09. The van der Waals surface area contributed by atoms with Gasteiger partial charge in [0.25, 0.3) is 0 Å². The Morgan fingerprint density at radius 2 is 1.70 bits per heavy atom. The van der Waals surface area contributed by atoms with Crippen molar-refractivity contribution in [3.63, 3.8) is 0 Å². The fourth-order valence-corrected chi connectivity index (χ4v) is 2.77. The largest absolute Gasteiger partial charge is 0.506 e. The van der Waals surface area contributed by atoms with Crippen molar-refractivity contribution in [2.45, 2.75) is 46.1 Å². The molecular formula is C20H28ClNO. The van der Waals surface area contributed by atoms with Crippen molar-refractivity contribution in [2.24, 2.45) is 0 Å². The molecule has 126 valence electrons. The Morgan fingerprint density at radius 3 is 2.30 bits per heavy atom. The highest BCUT2D eigenvalue weighted by atomic mass is 35.5. The average molecular weight is 334 g/mol. The molecule has 0 aliphatic carbocycles. The van der Waals surface area contributed by atoms with E-state index in [9.17, 15) is 5.11 Å². The number of rotatable bonds is 7. The van der Waals surface area contributed by atoms with Crippen LogP contribution in [0.5, 0.6) is 5.75 Å². The van der Waals surface area contributed by atoms with Crippen LogP contribution in [0.3, 0.4) is 0 Å². The second-order valence-corrected chi connectivity index (χ2v) is 6.05. The van der Waals surface area contributed by atoms with Gasteiger partial charge in [-0.15, -0.1) is 12.4 Å². The summed E-state index contributed by atoms with van der Waals surface area (Å²) in [5.74, 6) is 0.380. The molecule has 2 aromatic rings. The zero-order chi connectivity index (χ0) is 15.9. The molecule has 0 atom stereocenters. The maximum Gasteiger partial charge on any atom is 0.138 e. The van der Waals surface area contributed by atoms with E-state index < -0.39 is 0 Å². The van der Waals surface area contributed by atoms with Crippen LogP contribution in [0.1, 0.15) is 38.3 Å². The molecule has 0 fully saturated rings. The molecule has 0 radical (unpaired) electrons. The molecule has 2 aromatic carbocycles. The van der Waals surface area contributed by atoms with E-state index in [0.717, 1.165) is 31.5 Å².